The van der Waals surface area contributed by atoms with Crippen molar-refractivity contribution in [2.75, 3.05) is 17.6 Å². The number of thioether (sulfide) groups is 1. The number of nitrogens with one attached hydrogen (secondary N) is 3. The lowest BCUT2D eigenvalue weighted by atomic mass is 10.2. The summed E-state index contributed by atoms with van der Waals surface area (Å²) in [4.78, 5) is 24.4. The summed E-state index contributed by atoms with van der Waals surface area (Å²) < 4.78 is 34.2. The number of sulfonamides is 1. The maximum Gasteiger partial charge on any atom is 0.328 e. The first kappa shape index (κ1) is 27.9. The fourth-order valence-corrected chi connectivity index (χ4v) is 5.18. The summed E-state index contributed by atoms with van der Waals surface area (Å²) in [7, 11) is -4.04. The monoisotopic (exact) mass is 568 g/mol. The fraction of sp³-hybridized carbons (Fsp3) is 0.231. The van der Waals surface area contributed by atoms with E-state index in [-0.39, 0.29) is 16.6 Å². The van der Waals surface area contributed by atoms with E-state index >= 15 is 0 Å². The molecule has 3 amide bonds. The second-order valence-corrected chi connectivity index (χ2v) is 11.2. The number of rotatable bonds is 11. The molecule has 0 radical (unpaired) electrons. The first-order valence-corrected chi connectivity index (χ1v) is 14.6. The van der Waals surface area contributed by atoms with Crippen molar-refractivity contribution in [3.63, 3.8) is 0 Å². The first-order valence-electron chi connectivity index (χ1n) is 12.2. The van der Waals surface area contributed by atoms with Crippen LogP contribution in [0.2, 0.25) is 0 Å². The van der Waals surface area contributed by atoms with Crippen molar-refractivity contribution in [1.82, 2.24) is 24.8 Å². The summed E-state index contributed by atoms with van der Waals surface area (Å²) in [5, 5.41) is 14.3. The molecule has 39 heavy (non-hydrogen) atoms. The van der Waals surface area contributed by atoms with Gasteiger partial charge in [0.25, 0.3) is 10.0 Å². The standard InChI is InChI=1S/C26H28N6O5S2/c1-3-4-15-27-25(34)31-39(35,36)21-13-9-19(10-14-21)28-23(33)17-38-26-30-29-24(22-6-5-16-37-22)32(26)20-11-7-18(2)8-12-20/h5-14,16H,3-4,15,17H2,1-2H3,(H,28,33)(H2,27,31,34). The lowest BCUT2D eigenvalue weighted by Gasteiger charge is -2.10. The van der Waals surface area contributed by atoms with E-state index in [4.69, 9.17) is 4.42 Å². The van der Waals surface area contributed by atoms with Crippen molar-refractivity contribution in [1.29, 1.82) is 0 Å². The molecule has 0 saturated carbocycles. The van der Waals surface area contributed by atoms with Crippen LogP contribution in [0.5, 0.6) is 0 Å². The van der Waals surface area contributed by atoms with Gasteiger partial charge in [-0.3, -0.25) is 9.36 Å². The number of nitrogens with zero attached hydrogens (tertiary/aromatic N) is 3. The molecule has 0 saturated heterocycles. The van der Waals surface area contributed by atoms with Gasteiger partial charge in [-0.15, -0.1) is 10.2 Å². The average Bonchev–Trinajstić information content (AvgIpc) is 3.58. The molecule has 0 bridgehead atoms. The lowest BCUT2D eigenvalue weighted by molar-refractivity contribution is -0.113. The van der Waals surface area contributed by atoms with Crippen molar-refractivity contribution in [3.05, 3.63) is 72.5 Å². The Morgan fingerprint density at radius 1 is 1.03 bits per heavy atom. The van der Waals surface area contributed by atoms with Gasteiger partial charge < -0.3 is 15.1 Å². The molecule has 0 unspecified atom stereocenters. The van der Waals surface area contributed by atoms with Crippen LogP contribution < -0.4 is 15.4 Å². The number of urea groups is 1. The largest absolute Gasteiger partial charge is 0.461 e. The number of unbranched alkanes of at least 4 members (excludes halogenated alkanes) is 1. The molecule has 0 aliphatic rings. The molecule has 2 aromatic heterocycles. The van der Waals surface area contributed by atoms with Gasteiger partial charge in [0.15, 0.2) is 10.9 Å². The van der Waals surface area contributed by atoms with Crippen LogP contribution in [0.4, 0.5) is 10.5 Å². The number of aryl methyl sites for hydroxylation is 1. The third kappa shape index (κ3) is 7.27. The molecule has 13 heteroatoms. The number of aromatic nitrogens is 3. The van der Waals surface area contributed by atoms with Gasteiger partial charge in [-0.1, -0.05) is 42.8 Å². The van der Waals surface area contributed by atoms with Crippen LogP contribution in [0.25, 0.3) is 17.3 Å². The van der Waals surface area contributed by atoms with E-state index in [0.717, 1.165) is 24.1 Å². The van der Waals surface area contributed by atoms with Crippen LogP contribution in [0.3, 0.4) is 0 Å². The number of furan rings is 1. The van der Waals surface area contributed by atoms with E-state index in [1.54, 1.807) is 18.4 Å². The third-order valence-corrected chi connectivity index (χ3v) is 7.77. The van der Waals surface area contributed by atoms with E-state index in [0.29, 0.717) is 29.0 Å². The zero-order valence-corrected chi connectivity index (χ0v) is 23.0. The summed E-state index contributed by atoms with van der Waals surface area (Å²) in [5.41, 5.74) is 2.33. The molecule has 0 aliphatic heterocycles. The topological polar surface area (TPSA) is 148 Å². The van der Waals surface area contributed by atoms with Crippen LogP contribution >= 0.6 is 11.8 Å². The quantitative estimate of drug-likeness (QED) is 0.179. The summed E-state index contributed by atoms with van der Waals surface area (Å²) in [6.45, 7) is 4.34. The van der Waals surface area contributed by atoms with E-state index in [9.17, 15) is 18.0 Å². The number of anilines is 1. The predicted octanol–water partition coefficient (Wildman–Crippen LogP) is 4.35. The SMILES string of the molecule is CCCCNC(=O)NS(=O)(=O)c1ccc(NC(=O)CSc2nnc(-c3ccco3)n2-c2ccc(C)cc2)cc1. The van der Waals surface area contributed by atoms with Gasteiger partial charge >= 0.3 is 6.03 Å². The Hall–Kier alpha value is -4.10. The van der Waals surface area contributed by atoms with Gasteiger partial charge in [-0.2, -0.15) is 0 Å². The van der Waals surface area contributed by atoms with E-state index in [1.165, 1.54) is 36.0 Å². The number of carbonyl (C=O) groups is 2. The van der Waals surface area contributed by atoms with Gasteiger partial charge in [0.2, 0.25) is 11.7 Å². The molecule has 204 valence electrons. The Balaban J connectivity index is 1.40. The normalized spacial score (nSPS) is 11.2. The Labute approximate surface area is 230 Å². The Bertz CT molecular complexity index is 1520. The average molecular weight is 569 g/mol. The number of hydrogen-bond acceptors (Lipinski definition) is 8. The number of carbonyl (C=O) groups excluding carboxylic acids is 2. The van der Waals surface area contributed by atoms with Crippen LogP contribution in [-0.2, 0) is 14.8 Å². The van der Waals surface area contributed by atoms with Crippen molar-refractivity contribution in [3.8, 4) is 17.3 Å². The summed E-state index contributed by atoms with van der Waals surface area (Å²) >= 11 is 1.20. The predicted molar refractivity (Wildman–Crippen MR) is 148 cm³/mol. The molecule has 4 rings (SSSR count). The minimum atomic E-state index is -4.04. The van der Waals surface area contributed by atoms with Crippen molar-refractivity contribution in [2.45, 2.75) is 36.7 Å². The maximum atomic E-state index is 12.7. The molecular weight excluding hydrogens is 540 g/mol. The zero-order chi connectivity index (χ0) is 27.8. The van der Waals surface area contributed by atoms with Crippen LogP contribution in [0.1, 0.15) is 25.3 Å². The molecule has 0 fully saturated rings. The molecule has 0 aliphatic carbocycles. The van der Waals surface area contributed by atoms with Gasteiger partial charge in [-0.25, -0.2) is 17.9 Å². The van der Waals surface area contributed by atoms with Crippen molar-refractivity contribution < 1.29 is 22.4 Å². The van der Waals surface area contributed by atoms with Gasteiger partial charge in [0.05, 0.1) is 16.9 Å². The summed E-state index contributed by atoms with van der Waals surface area (Å²) in [6.07, 6.45) is 3.17. The highest BCUT2D eigenvalue weighted by Gasteiger charge is 2.20. The lowest BCUT2D eigenvalue weighted by Crippen LogP contribution is -2.39. The smallest absolute Gasteiger partial charge is 0.328 e. The Morgan fingerprint density at radius 2 is 1.77 bits per heavy atom. The van der Waals surface area contributed by atoms with Gasteiger partial charge in [0, 0.05) is 17.9 Å². The Morgan fingerprint density at radius 3 is 2.44 bits per heavy atom. The molecule has 2 aromatic carbocycles. The molecule has 11 nitrogen and oxygen atoms in total. The highest BCUT2D eigenvalue weighted by atomic mass is 32.2. The molecule has 0 atom stereocenters. The number of amides is 3. The third-order valence-electron chi connectivity index (χ3n) is 5.49. The van der Waals surface area contributed by atoms with Gasteiger partial charge in [-0.05, 0) is 61.9 Å². The second kappa shape index (κ2) is 12.6. The van der Waals surface area contributed by atoms with Crippen LogP contribution in [0, 0.1) is 6.92 Å². The summed E-state index contributed by atoms with van der Waals surface area (Å²) in [6, 6.07) is 16.1. The van der Waals surface area contributed by atoms with Crippen molar-refractivity contribution in [2.24, 2.45) is 0 Å². The minimum Gasteiger partial charge on any atom is -0.461 e. The highest BCUT2D eigenvalue weighted by Crippen LogP contribution is 2.28. The maximum absolute atomic E-state index is 12.7. The zero-order valence-electron chi connectivity index (χ0n) is 21.4. The number of benzene rings is 2. The second-order valence-electron chi connectivity index (χ2n) is 8.53. The van der Waals surface area contributed by atoms with Crippen LogP contribution in [0.15, 0.2) is 81.4 Å². The molecule has 4 aromatic rings. The molecule has 2 heterocycles. The van der Waals surface area contributed by atoms with Crippen LogP contribution in [-0.4, -0.2) is 47.4 Å². The van der Waals surface area contributed by atoms with E-state index < -0.39 is 16.1 Å². The first-order chi connectivity index (χ1) is 18.8. The van der Waals surface area contributed by atoms with Gasteiger partial charge in [0.1, 0.15) is 0 Å². The fourth-order valence-electron chi connectivity index (χ4n) is 3.50. The van der Waals surface area contributed by atoms with E-state index in [2.05, 4.69) is 20.8 Å². The highest BCUT2D eigenvalue weighted by molar-refractivity contribution is 7.99. The molecular formula is C26H28N6O5S2. The van der Waals surface area contributed by atoms with E-state index in [1.807, 2.05) is 47.4 Å². The number of hydrogen-bond donors (Lipinski definition) is 3. The minimum absolute atomic E-state index is 0.0295. The molecule has 3 N–H and O–H groups in total. The molecule has 0 spiro atoms. The van der Waals surface area contributed by atoms with Crippen molar-refractivity contribution >= 4 is 39.4 Å². The Kier molecular flexibility index (Phi) is 9.04. The summed E-state index contributed by atoms with van der Waals surface area (Å²) in [5.74, 6) is 0.766.